The van der Waals surface area contributed by atoms with E-state index in [1.807, 2.05) is 43.3 Å². The molecule has 2 N–H and O–H groups in total. The Morgan fingerprint density at radius 2 is 1.72 bits per heavy atom. The molecule has 2 heterocycles. The maximum Gasteiger partial charge on any atom is 0.321 e. The van der Waals surface area contributed by atoms with Crippen molar-refractivity contribution in [2.24, 2.45) is 0 Å². The Hall–Kier alpha value is -3.46. The van der Waals surface area contributed by atoms with Crippen LogP contribution in [0.2, 0.25) is 0 Å². The monoisotopic (exact) mass is 451 g/mol. The Kier molecular flexibility index (Phi) is 6.65. The zero-order chi connectivity index (χ0) is 22.5. The number of nitrogens with zero attached hydrogens (tertiary/aromatic N) is 3. The van der Waals surface area contributed by atoms with Crippen molar-refractivity contribution < 1.29 is 14.3 Å². The van der Waals surface area contributed by atoms with E-state index in [1.165, 1.54) is 11.3 Å². The van der Waals surface area contributed by atoms with E-state index in [-0.39, 0.29) is 17.9 Å². The first kappa shape index (κ1) is 21.8. The van der Waals surface area contributed by atoms with E-state index in [0.717, 1.165) is 34.8 Å². The summed E-state index contributed by atoms with van der Waals surface area (Å²) in [4.78, 5) is 27.0. The van der Waals surface area contributed by atoms with Crippen molar-refractivity contribution in [3.8, 4) is 5.75 Å². The summed E-state index contributed by atoms with van der Waals surface area (Å²) in [5, 5.41) is 15.2. The Morgan fingerprint density at radius 3 is 2.44 bits per heavy atom. The smallest absolute Gasteiger partial charge is 0.321 e. The zero-order valence-corrected chi connectivity index (χ0v) is 18.8. The number of carbonyl (C=O) groups is 2. The van der Waals surface area contributed by atoms with Gasteiger partial charge in [-0.05, 0) is 56.2 Å². The maximum absolute atomic E-state index is 12.7. The Morgan fingerprint density at radius 1 is 1.03 bits per heavy atom. The SMILES string of the molecule is COc1ccc(NC(=O)N2CCC[C@H](c3nnc(C(=O)Nc4ccc(C)cc4)s3)C2)cc1. The quantitative estimate of drug-likeness (QED) is 0.595. The van der Waals surface area contributed by atoms with Gasteiger partial charge >= 0.3 is 6.03 Å². The molecule has 32 heavy (non-hydrogen) atoms. The predicted molar refractivity (Wildman–Crippen MR) is 125 cm³/mol. The van der Waals surface area contributed by atoms with Crippen LogP contribution in [0.15, 0.2) is 48.5 Å². The molecule has 166 valence electrons. The van der Waals surface area contributed by atoms with E-state index >= 15 is 0 Å². The van der Waals surface area contributed by atoms with Crippen LogP contribution in [0, 0.1) is 6.92 Å². The van der Waals surface area contributed by atoms with Gasteiger partial charge in [0.15, 0.2) is 0 Å². The molecule has 3 aromatic rings. The number of aromatic nitrogens is 2. The zero-order valence-electron chi connectivity index (χ0n) is 18.0. The van der Waals surface area contributed by atoms with Gasteiger partial charge in [-0.1, -0.05) is 29.0 Å². The van der Waals surface area contributed by atoms with Gasteiger partial charge in [0.1, 0.15) is 10.8 Å². The average Bonchev–Trinajstić information content (AvgIpc) is 3.32. The van der Waals surface area contributed by atoms with Crippen molar-refractivity contribution in [3.63, 3.8) is 0 Å². The topological polar surface area (TPSA) is 96.4 Å². The third kappa shape index (κ3) is 5.23. The molecule has 1 aromatic heterocycles. The van der Waals surface area contributed by atoms with Crippen LogP contribution >= 0.6 is 11.3 Å². The predicted octanol–water partition coefficient (Wildman–Crippen LogP) is 4.52. The van der Waals surface area contributed by atoms with Crippen LogP contribution in [-0.4, -0.2) is 47.2 Å². The first-order valence-corrected chi connectivity index (χ1v) is 11.2. The van der Waals surface area contributed by atoms with Gasteiger partial charge in [0.2, 0.25) is 5.01 Å². The first-order chi connectivity index (χ1) is 15.5. The van der Waals surface area contributed by atoms with Crippen LogP contribution in [0.3, 0.4) is 0 Å². The lowest BCUT2D eigenvalue weighted by Gasteiger charge is -2.31. The second-order valence-electron chi connectivity index (χ2n) is 7.71. The molecule has 1 saturated heterocycles. The van der Waals surface area contributed by atoms with Crippen LogP contribution in [0.5, 0.6) is 5.75 Å². The molecule has 4 rings (SSSR count). The standard InChI is InChI=1S/C23H25N5O3S/c1-15-5-7-17(8-6-15)24-20(29)22-27-26-21(32-22)16-4-3-13-28(14-16)23(30)25-18-9-11-19(31-2)12-10-18/h5-12,16H,3-4,13-14H2,1-2H3,(H,24,29)(H,25,30)/t16-/m0/s1. The molecule has 0 saturated carbocycles. The van der Waals surface area contributed by atoms with Crippen molar-refractivity contribution in [3.05, 3.63) is 64.1 Å². The molecule has 0 bridgehead atoms. The van der Waals surface area contributed by atoms with E-state index in [4.69, 9.17) is 4.74 Å². The molecule has 0 unspecified atom stereocenters. The summed E-state index contributed by atoms with van der Waals surface area (Å²) in [7, 11) is 1.60. The van der Waals surface area contributed by atoms with Crippen LogP contribution in [0.25, 0.3) is 0 Å². The summed E-state index contributed by atoms with van der Waals surface area (Å²) in [6, 6.07) is 14.7. The van der Waals surface area contributed by atoms with Gasteiger partial charge in [0, 0.05) is 30.4 Å². The number of carbonyl (C=O) groups excluding carboxylic acids is 2. The maximum atomic E-state index is 12.7. The van der Waals surface area contributed by atoms with Gasteiger partial charge in [-0.3, -0.25) is 4.79 Å². The molecule has 3 amide bonds. The fourth-order valence-electron chi connectivity index (χ4n) is 3.55. The van der Waals surface area contributed by atoms with E-state index in [0.29, 0.717) is 23.8 Å². The fraction of sp³-hybridized carbons (Fsp3) is 0.304. The lowest BCUT2D eigenvalue weighted by Crippen LogP contribution is -2.41. The van der Waals surface area contributed by atoms with E-state index < -0.39 is 0 Å². The first-order valence-electron chi connectivity index (χ1n) is 10.4. The van der Waals surface area contributed by atoms with E-state index in [2.05, 4.69) is 20.8 Å². The number of ether oxygens (including phenoxy) is 1. The number of urea groups is 1. The third-order valence-electron chi connectivity index (χ3n) is 5.34. The molecule has 1 atom stereocenters. The van der Waals surface area contributed by atoms with Gasteiger partial charge in [0.25, 0.3) is 5.91 Å². The number of rotatable bonds is 5. The van der Waals surface area contributed by atoms with Gasteiger partial charge in [0.05, 0.1) is 7.11 Å². The third-order valence-corrected chi connectivity index (χ3v) is 6.43. The molecular formula is C23H25N5O3S. The Labute approximate surface area is 190 Å². The summed E-state index contributed by atoms with van der Waals surface area (Å²) < 4.78 is 5.15. The molecule has 2 aromatic carbocycles. The van der Waals surface area contributed by atoms with Crippen LogP contribution < -0.4 is 15.4 Å². The minimum atomic E-state index is -0.275. The molecule has 0 radical (unpaired) electrons. The second kappa shape index (κ2) is 9.78. The van der Waals surface area contributed by atoms with E-state index in [1.54, 1.807) is 24.1 Å². The highest BCUT2D eigenvalue weighted by Crippen LogP contribution is 2.30. The normalized spacial score (nSPS) is 15.8. The second-order valence-corrected chi connectivity index (χ2v) is 8.72. The minimum Gasteiger partial charge on any atom is -0.497 e. The summed E-state index contributed by atoms with van der Waals surface area (Å²) in [6.07, 6.45) is 1.77. The number of benzene rings is 2. The van der Waals surface area contributed by atoms with Gasteiger partial charge < -0.3 is 20.3 Å². The lowest BCUT2D eigenvalue weighted by molar-refractivity contribution is 0.102. The van der Waals surface area contributed by atoms with Crippen LogP contribution in [0.1, 0.15) is 39.1 Å². The number of piperidine rings is 1. The summed E-state index contributed by atoms with van der Waals surface area (Å²) in [5.41, 5.74) is 2.55. The number of nitrogens with one attached hydrogen (secondary N) is 2. The van der Waals surface area contributed by atoms with Crippen molar-refractivity contribution in [2.45, 2.75) is 25.7 Å². The van der Waals surface area contributed by atoms with Gasteiger partial charge in [-0.25, -0.2) is 4.79 Å². The van der Waals surface area contributed by atoms with Crippen molar-refractivity contribution in [2.75, 3.05) is 30.8 Å². The fourth-order valence-corrected chi connectivity index (χ4v) is 4.42. The molecule has 1 aliphatic rings. The van der Waals surface area contributed by atoms with Gasteiger partial charge in [-0.15, -0.1) is 10.2 Å². The number of hydrogen-bond acceptors (Lipinski definition) is 6. The number of methoxy groups -OCH3 is 1. The number of hydrogen-bond donors (Lipinski definition) is 2. The molecule has 8 nitrogen and oxygen atoms in total. The van der Waals surface area contributed by atoms with Crippen molar-refractivity contribution in [1.82, 2.24) is 15.1 Å². The Balaban J connectivity index is 1.36. The molecule has 0 spiro atoms. The molecule has 1 aliphatic heterocycles. The number of anilines is 2. The van der Waals surface area contributed by atoms with Gasteiger partial charge in [-0.2, -0.15) is 0 Å². The number of aryl methyl sites for hydroxylation is 1. The van der Waals surface area contributed by atoms with Crippen molar-refractivity contribution in [1.29, 1.82) is 0 Å². The van der Waals surface area contributed by atoms with Crippen LogP contribution in [-0.2, 0) is 0 Å². The summed E-state index contributed by atoms with van der Waals surface area (Å²) >= 11 is 1.29. The number of likely N-dealkylation sites (tertiary alicyclic amines) is 1. The largest absolute Gasteiger partial charge is 0.497 e. The highest BCUT2D eigenvalue weighted by atomic mass is 32.1. The van der Waals surface area contributed by atoms with Crippen LogP contribution in [0.4, 0.5) is 16.2 Å². The highest BCUT2D eigenvalue weighted by Gasteiger charge is 2.28. The summed E-state index contributed by atoms with van der Waals surface area (Å²) in [5.74, 6) is 0.519. The number of amides is 3. The van der Waals surface area contributed by atoms with E-state index in [9.17, 15) is 9.59 Å². The average molecular weight is 452 g/mol. The molecule has 1 fully saturated rings. The Bertz CT molecular complexity index is 1080. The molecular weight excluding hydrogens is 426 g/mol. The molecule has 9 heteroatoms. The summed E-state index contributed by atoms with van der Waals surface area (Å²) in [6.45, 7) is 3.21. The molecule has 0 aliphatic carbocycles. The van der Waals surface area contributed by atoms with Crippen molar-refractivity contribution >= 4 is 34.6 Å². The lowest BCUT2D eigenvalue weighted by atomic mass is 9.99. The minimum absolute atomic E-state index is 0.0591. The highest BCUT2D eigenvalue weighted by molar-refractivity contribution is 7.13.